The van der Waals surface area contributed by atoms with Crippen LogP contribution in [0.25, 0.3) is 0 Å². The smallest absolute Gasteiger partial charge is 0.263 e. The number of aryl methyl sites for hydroxylation is 3. The lowest BCUT2D eigenvalue weighted by molar-refractivity contribution is 0.0953. The molecule has 0 aliphatic heterocycles. The van der Waals surface area contributed by atoms with Gasteiger partial charge in [0.1, 0.15) is 4.88 Å². The molecule has 6 heteroatoms. The topological polar surface area (TPSA) is 54.9 Å². The predicted molar refractivity (Wildman–Crippen MR) is 81.7 cm³/mol. The summed E-state index contributed by atoms with van der Waals surface area (Å²) in [5.41, 5.74) is 3.73. The number of fused-ring (bicyclic) bond motifs is 1. The number of amides is 1. The molecule has 2 aromatic rings. The summed E-state index contributed by atoms with van der Waals surface area (Å²) in [6.07, 6.45) is 3.44. The van der Waals surface area contributed by atoms with Gasteiger partial charge in [0.15, 0.2) is 0 Å². The molecule has 1 aliphatic rings. The zero-order valence-electron chi connectivity index (χ0n) is 11.6. The number of carbonyl (C=O) groups is 1. The van der Waals surface area contributed by atoms with E-state index in [-0.39, 0.29) is 5.91 Å². The number of aromatic nitrogens is 2. The number of nitrogens with zero attached hydrogens (tertiary/aromatic N) is 2. The van der Waals surface area contributed by atoms with Crippen molar-refractivity contribution in [2.75, 3.05) is 6.54 Å². The van der Waals surface area contributed by atoms with Gasteiger partial charge < -0.3 is 5.32 Å². The molecule has 0 spiro atoms. The average Bonchev–Trinajstić information content (AvgIpc) is 3.00. The van der Waals surface area contributed by atoms with Crippen LogP contribution in [0.15, 0.2) is 5.51 Å². The van der Waals surface area contributed by atoms with Gasteiger partial charge in [-0.05, 0) is 33.1 Å². The minimum atomic E-state index is -0.0101. The number of thiazole rings is 2. The monoisotopic (exact) mass is 307 g/mol. The van der Waals surface area contributed by atoms with E-state index in [2.05, 4.69) is 22.2 Å². The number of hydrogen-bond acceptors (Lipinski definition) is 5. The Morgan fingerprint density at radius 1 is 1.50 bits per heavy atom. The Balaban J connectivity index is 1.68. The SMILES string of the molecule is Cc1nc2c(s1)CCC[C@@H]2CNC(=O)c1scnc1C. The number of rotatable bonds is 3. The lowest BCUT2D eigenvalue weighted by Crippen LogP contribution is -2.29. The van der Waals surface area contributed by atoms with Gasteiger partial charge in [0, 0.05) is 17.3 Å². The Hall–Kier alpha value is -1.27. The Kier molecular flexibility index (Phi) is 3.85. The molecule has 0 unspecified atom stereocenters. The summed E-state index contributed by atoms with van der Waals surface area (Å²) in [4.78, 5) is 23.0. The molecule has 0 fully saturated rings. The second kappa shape index (κ2) is 5.61. The van der Waals surface area contributed by atoms with Gasteiger partial charge in [-0.25, -0.2) is 9.97 Å². The average molecular weight is 307 g/mol. The second-order valence-corrected chi connectivity index (χ2v) is 7.25. The highest BCUT2D eigenvalue weighted by atomic mass is 32.1. The molecule has 20 heavy (non-hydrogen) atoms. The van der Waals surface area contributed by atoms with Gasteiger partial charge in [0.25, 0.3) is 5.91 Å². The van der Waals surface area contributed by atoms with Crippen molar-refractivity contribution >= 4 is 28.6 Å². The Morgan fingerprint density at radius 3 is 3.10 bits per heavy atom. The standard InChI is InChI=1S/C14H17N3OS2/c1-8-13(19-7-16-8)14(18)15-6-10-4-3-5-11-12(10)17-9(2)20-11/h7,10H,3-6H2,1-2H3,(H,15,18)/t10-/m1/s1. The third kappa shape index (κ3) is 2.62. The molecule has 3 rings (SSSR count). The number of carbonyl (C=O) groups excluding carboxylic acids is 1. The molecule has 0 bridgehead atoms. The highest BCUT2D eigenvalue weighted by Gasteiger charge is 2.24. The predicted octanol–water partition coefficient (Wildman–Crippen LogP) is 3.07. The molecule has 1 atom stereocenters. The van der Waals surface area contributed by atoms with Gasteiger partial charge in [-0.1, -0.05) is 0 Å². The number of hydrogen-bond donors (Lipinski definition) is 1. The van der Waals surface area contributed by atoms with Crippen LogP contribution in [0.4, 0.5) is 0 Å². The first kappa shape index (κ1) is 13.7. The van der Waals surface area contributed by atoms with E-state index in [1.165, 1.54) is 28.3 Å². The molecular formula is C14H17N3OS2. The fourth-order valence-corrected chi connectivity index (χ4v) is 4.43. The minimum absolute atomic E-state index is 0.0101. The van der Waals surface area contributed by atoms with Gasteiger partial charge in [-0.3, -0.25) is 4.79 Å². The van der Waals surface area contributed by atoms with Crippen molar-refractivity contribution in [3.63, 3.8) is 0 Å². The summed E-state index contributed by atoms with van der Waals surface area (Å²) in [6, 6.07) is 0. The summed E-state index contributed by atoms with van der Waals surface area (Å²) >= 11 is 3.19. The normalized spacial score (nSPS) is 17.8. The van der Waals surface area contributed by atoms with Gasteiger partial charge in [-0.2, -0.15) is 0 Å². The molecule has 1 N–H and O–H groups in total. The molecule has 0 saturated carbocycles. The zero-order chi connectivity index (χ0) is 14.1. The van der Waals surface area contributed by atoms with Crippen LogP contribution >= 0.6 is 22.7 Å². The minimum Gasteiger partial charge on any atom is -0.351 e. The molecule has 0 saturated heterocycles. The Bertz CT molecular complexity index is 632. The van der Waals surface area contributed by atoms with Crippen LogP contribution in [0.3, 0.4) is 0 Å². The van der Waals surface area contributed by atoms with Crippen LogP contribution in [0, 0.1) is 13.8 Å². The lowest BCUT2D eigenvalue weighted by atomic mass is 9.91. The van der Waals surface area contributed by atoms with E-state index in [9.17, 15) is 4.79 Å². The molecule has 0 radical (unpaired) electrons. The van der Waals surface area contributed by atoms with Crippen molar-refractivity contribution in [2.45, 2.75) is 39.0 Å². The van der Waals surface area contributed by atoms with Crippen molar-refractivity contribution in [3.05, 3.63) is 31.7 Å². The molecule has 4 nitrogen and oxygen atoms in total. The fourth-order valence-electron chi connectivity index (χ4n) is 2.64. The Labute approximate surface area is 126 Å². The van der Waals surface area contributed by atoms with Gasteiger partial charge in [0.05, 0.1) is 21.9 Å². The molecule has 1 aliphatic carbocycles. The second-order valence-electron chi connectivity index (χ2n) is 5.11. The van der Waals surface area contributed by atoms with E-state index in [4.69, 9.17) is 0 Å². The molecule has 2 aromatic heterocycles. The van der Waals surface area contributed by atoms with E-state index in [1.54, 1.807) is 16.8 Å². The molecule has 1 amide bonds. The van der Waals surface area contributed by atoms with Crippen molar-refractivity contribution in [1.82, 2.24) is 15.3 Å². The maximum absolute atomic E-state index is 12.1. The maximum Gasteiger partial charge on any atom is 0.263 e. The van der Waals surface area contributed by atoms with Crippen LogP contribution in [-0.4, -0.2) is 22.4 Å². The van der Waals surface area contributed by atoms with Gasteiger partial charge >= 0.3 is 0 Å². The van der Waals surface area contributed by atoms with E-state index < -0.39 is 0 Å². The van der Waals surface area contributed by atoms with Crippen molar-refractivity contribution in [1.29, 1.82) is 0 Å². The van der Waals surface area contributed by atoms with Crippen LogP contribution in [0.5, 0.6) is 0 Å². The van der Waals surface area contributed by atoms with Crippen molar-refractivity contribution in [2.24, 2.45) is 0 Å². The van der Waals surface area contributed by atoms with Crippen molar-refractivity contribution in [3.8, 4) is 0 Å². The summed E-state index contributed by atoms with van der Waals surface area (Å²) in [7, 11) is 0. The molecule has 106 valence electrons. The largest absolute Gasteiger partial charge is 0.351 e. The van der Waals surface area contributed by atoms with E-state index >= 15 is 0 Å². The third-order valence-corrected chi connectivity index (χ3v) is 5.61. The quantitative estimate of drug-likeness (QED) is 0.948. The third-order valence-electron chi connectivity index (χ3n) is 3.64. The summed E-state index contributed by atoms with van der Waals surface area (Å²) in [5.74, 6) is 0.352. The summed E-state index contributed by atoms with van der Waals surface area (Å²) in [5, 5.41) is 4.17. The van der Waals surface area contributed by atoms with Gasteiger partial charge in [0.2, 0.25) is 0 Å². The lowest BCUT2D eigenvalue weighted by Gasteiger charge is -2.21. The first-order chi connectivity index (χ1) is 9.65. The summed E-state index contributed by atoms with van der Waals surface area (Å²) in [6.45, 7) is 4.60. The molecular weight excluding hydrogens is 290 g/mol. The highest BCUT2D eigenvalue weighted by Crippen LogP contribution is 2.34. The zero-order valence-corrected chi connectivity index (χ0v) is 13.2. The van der Waals surface area contributed by atoms with Gasteiger partial charge in [-0.15, -0.1) is 22.7 Å². The summed E-state index contributed by atoms with van der Waals surface area (Å²) < 4.78 is 0. The first-order valence-corrected chi connectivity index (χ1v) is 8.49. The maximum atomic E-state index is 12.1. The van der Waals surface area contributed by atoms with Crippen molar-refractivity contribution < 1.29 is 4.79 Å². The van der Waals surface area contributed by atoms with Crippen LogP contribution in [-0.2, 0) is 6.42 Å². The first-order valence-electron chi connectivity index (χ1n) is 6.79. The Morgan fingerprint density at radius 2 is 2.35 bits per heavy atom. The van der Waals surface area contributed by atoms with Crippen LogP contribution in [0.2, 0.25) is 0 Å². The van der Waals surface area contributed by atoms with E-state index in [1.807, 2.05) is 6.92 Å². The molecule has 2 heterocycles. The van der Waals surface area contributed by atoms with Crippen LogP contribution < -0.4 is 5.32 Å². The van der Waals surface area contributed by atoms with E-state index in [0.29, 0.717) is 12.5 Å². The fraction of sp³-hybridized carbons (Fsp3) is 0.500. The van der Waals surface area contributed by atoms with Crippen LogP contribution in [0.1, 0.15) is 49.7 Å². The molecule has 0 aromatic carbocycles. The number of nitrogens with one attached hydrogen (secondary N) is 1. The van der Waals surface area contributed by atoms with E-state index in [0.717, 1.165) is 28.4 Å². The highest BCUT2D eigenvalue weighted by molar-refractivity contribution is 7.12.